The van der Waals surface area contributed by atoms with Crippen molar-refractivity contribution in [1.29, 1.82) is 0 Å². The van der Waals surface area contributed by atoms with Crippen molar-refractivity contribution in [3.8, 4) is 0 Å². The number of piperazine rings is 1. The van der Waals surface area contributed by atoms with E-state index in [1.807, 2.05) is 16.8 Å². The first kappa shape index (κ1) is 31.5. The molecule has 0 amide bonds. The van der Waals surface area contributed by atoms with E-state index in [1.165, 1.54) is 28.1 Å². The van der Waals surface area contributed by atoms with Gasteiger partial charge < -0.3 is 14.2 Å². The largest absolute Gasteiger partial charge is 0.492 e. The lowest BCUT2D eigenvalue weighted by molar-refractivity contribution is -0.146. The minimum Gasteiger partial charge on any atom is -0.492 e. The highest BCUT2D eigenvalue weighted by atomic mass is 16.5. The number of nitrogens with zero attached hydrogens (tertiary/aromatic N) is 2. The van der Waals surface area contributed by atoms with E-state index >= 15 is 0 Å². The molecule has 1 unspecified atom stereocenters. The summed E-state index contributed by atoms with van der Waals surface area (Å²) in [7, 11) is 4.53. The summed E-state index contributed by atoms with van der Waals surface area (Å²) < 4.78 is 16.5. The molecule has 0 aromatic carbocycles. The Morgan fingerprint density at radius 2 is 1.36 bits per heavy atom. The number of fused-ring (bicyclic) bond motifs is 5. The molecule has 5 aliphatic rings. The Hall–Kier alpha value is -3.96. The van der Waals surface area contributed by atoms with Crippen LogP contribution in [0.25, 0.3) is 0 Å². The van der Waals surface area contributed by atoms with Crippen LogP contribution in [0.5, 0.6) is 0 Å². The van der Waals surface area contributed by atoms with E-state index in [4.69, 9.17) is 14.2 Å². The fourth-order valence-electron chi connectivity index (χ4n) is 7.70. The lowest BCUT2D eigenvalue weighted by Crippen LogP contribution is -2.74. The first-order valence-electron chi connectivity index (χ1n) is 14.7. The molecule has 2 aliphatic carbocycles. The van der Waals surface area contributed by atoms with Gasteiger partial charge in [-0.2, -0.15) is 0 Å². The molecule has 3 heterocycles. The molecule has 1 fully saturated rings. The summed E-state index contributed by atoms with van der Waals surface area (Å²) >= 11 is 0. The van der Waals surface area contributed by atoms with Gasteiger partial charge in [0.15, 0.2) is 23.1 Å². The van der Waals surface area contributed by atoms with Crippen molar-refractivity contribution in [2.75, 3.05) is 27.9 Å². The van der Waals surface area contributed by atoms with Crippen molar-refractivity contribution >= 4 is 34.9 Å². The number of Topliss-reactive ketones (excluding diaryl/α,β-unsaturated/α-hetero) is 5. The lowest BCUT2D eigenvalue weighted by Gasteiger charge is -2.61. The molecule has 0 N–H and O–H groups in total. The number of esters is 1. The zero-order valence-corrected chi connectivity index (χ0v) is 26.4. The van der Waals surface area contributed by atoms with Gasteiger partial charge in [-0.05, 0) is 54.5 Å². The minimum absolute atomic E-state index is 0.0199. The van der Waals surface area contributed by atoms with Crippen LogP contribution in [0.1, 0.15) is 53.9 Å². The molecule has 0 radical (unpaired) electrons. The van der Waals surface area contributed by atoms with Crippen molar-refractivity contribution < 1.29 is 43.0 Å². The number of allylic oxidation sites excluding steroid dienone is 5. The Morgan fingerprint density at radius 3 is 1.89 bits per heavy atom. The summed E-state index contributed by atoms with van der Waals surface area (Å²) in [4.78, 5) is 85.0. The van der Waals surface area contributed by atoms with Gasteiger partial charge in [-0.25, -0.2) is 4.79 Å². The van der Waals surface area contributed by atoms with Gasteiger partial charge in [-0.3, -0.25) is 33.8 Å². The number of ether oxygens (including phenoxy) is 3. The number of ketones is 5. The van der Waals surface area contributed by atoms with Crippen LogP contribution < -0.4 is 0 Å². The molecule has 5 rings (SSSR count). The van der Waals surface area contributed by atoms with Crippen LogP contribution in [0.15, 0.2) is 56.6 Å². The Morgan fingerprint density at radius 1 is 0.841 bits per heavy atom. The van der Waals surface area contributed by atoms with Crippen LogP contribution in [0, 0.1) is 0 Å². The standard InChI is InChI=1S/C33H38N2O9/c1-9-14(2)33(41)44-13-23-24-18(27(37)16(4)31(42-7)29(24)39)12-22-26-25-19(28(38)17(5)32(43-8)30(25)40)11-20(34(26)6)21(35(22)23)10-15(3)36/h9,20-23,26H,10-13H2,1-8H3/b14-9-/t20-,21-,22-,23-,26?/m0/s1. The van der Waals surface area contributed by atoms with Gasteiger partial charge >= 0.3 is 5.97 Å². The predicted octanol–water partition coefficient (Wildman–Crippen LogP) is 2.11. The average Bonchev–Trinajstić information content (AvgIpc) is 2.98. The van der Waals surface area contributed by atoms with E-state index in [9.17, 15) is 28.8 Å². The first-order valence-corrected chi connectivity index (χ1v) is 14.7. The third kappa shape index (κ3) is 4.56. The maximum atomic E-state index is 14.0. The second-order valence-electron chi connectivity index (χ2n) is 12.1. The van der Waals surface area contributed by atoms with Crippen molar-refractivity contribution in [2.24, 2.45) is 0 Å². The zero-order valence-electron chi connectivity index (χ0n) is 26.4. The van der Waals surface area contributed by atoms with Gasteiger partial charge in [0.05, 0.1) is 26.3 Å². The average molecular weight is 607 g/mol. The smallest absolute Gasteiger partial charge is 0.333 e. The summed E-state index contributed by atoms with van der Waals surface area (Å²) in [5.74, 6) is -2.29. The van der Waals surface area contributed by atoms with Crippen LogP contribution >= 0.6 is 0 Å². The molecule has 0 saturated carbocycles. The van der Waals surface area contributed by atoms with Gasteiger partial charge in [0.2, 0.25) is 11.6 Å². The Kier molecular flexibility index (Phi) is 8.24. The summed E-state index contributed by atoms with van der Waals surface area (Å²) in [5.41, 5.74) is 1.90. The minimum atomic E-state index is -0.911. The van der Waals surface area contributed by atoms with Crippen molar-refractivity contribution in [3.63, 3.8) is 0 Å². The molecule has 0 spiro atoms. The summed E-state index contributed by atoms with van der Waals surface area (Å²) in [6.07, 6.45) is 1.97. The Labute approximate surface area is 256 Å². The van der Waals surface area contributed by atoms with Gasteiger partial charge in [-0.1, -0.05) is 6.08 Å². The molecule has 2 bridgehead atoms. The number of likely N-dealkylation sites (N-methyl/N-ethyl adjacent to an activating group) is 1. The molecule has 0 aromatic heterocycles. The summed E-state index contributed by atoms with van der Waals surface area (Å²) in [6.45, 7) is 7.63. The topological polar surface area (TPSA) is 137 Å². The maximum absolute atomic E-state index is 14.0. The molecule has 3 aliphatic heterocycles. The van der Waals surface area contributed by atoms with E-state index in [2.05, 4.69) is 0 Å². The molecular weight excluding hydrogens is 568 g/mol. The maximum Gasteiger partial charge on any atom is 0.333 e. The summed E-state index contributed by atoms with van der Waals surface area (Å²) in [6, 6.07) is -3.10. The molecule has 5 atom stereocenters. The molecule has 11 heteroatoms. The molecule has 234 valence electrons. The number of hydrogen-bond donors (Lipinski definition) is 0. The van der Waals surface area contributed by atoms with E-state index in [-0.39, 0.29) is 77.0 Å². The zero-order chi connectivity index (χ0) is 32.4. The molecule has 1 saturated heterocycles. The van der Waals surface area contributed by atoms with E-state index in [1.54, 1.807) is 26.8 Å². The second kappa shape index (κ2) is 11.5. The SMILES string of the molecule is C/C=C(/C)C(=O)OC[C@H]1C2=C(C[C@H]3C4C5=C(C[C@@H]([C@H](CC(C)=O)N13)N4C)C(=O)C(C)=C(OC)C5=O)C(=O)C(C)=C(OC)C2=O. The number of carbonyl (C=O) groups excluding carboxylic acids is 6. The van der Waals surface area contributed by atoms with Crippen LogP contribution in [0.2, 0.25) is 0 Å². The van der Waals surface area contributed by atoms with Crippen molar-refractivity contribution in [1.82, 2.24) is 9.80 Å². The number of hydrogen-bond acceptors (Lipinski definition) is 11. The highest BCUT2D eigenvalue weighted by Gasteiger charge is 2.59. The predicted molar refractivity (Wildman–Crippen MR) is 157 cm³/mol. The number of carbonyl (C=O) groups is 6. The summed E-state index contributed by atoms with van der Waals surface area (Å²) in [5, 5.41) is 0. The monoisotopic (exact) mass is 606 g/mol. The quantitative estimate of drug-likeness (QED) is 0.239. The fraction of sp³-hybridized carbons (Fsp3) is 0.515. The fourth-order valence-corrected chi connectivity index (χ4v) is 7.70. The second-order valence-corrected chi connectivity index (χ2v) is 12.1. The van der Waals surface area contributed by atoms with Gasteiger partial charge in [0.25, 0.3) is 0 Å². The highest BCUT2D eigenvalue weighted by Crippen LogP contribution is 2.49. The van der Waals surface area contributed by atoms with E-state index in [0.29, 0.717) is 16.7 Å². The van der Waals surface area contributed by atoms with Crippen LogP contribution in [-0.2, 0) is 43.0 Å². The van der Waals surface area contributed by atoms with Crippen LogP contribution in [0.4, 0.5) is 0 Å². The number of methoxy groups -OCH3 is 2. The third-order valence-electron chi connectivity index (χ3n) is 9.85. The molecule has 0 aromatic rings. The van der Waals surface area contributed by atoms with Crippen LogP contribution in [0.3, 0.4) is 0 Å². The molecule has 11 nitrogen and oxygen atoms in total. The van der Waals surface area contributed by atoms with E-state index in [0.717, 1.165) is 0 Å². The number of rotatable bonds is 7. The van der Waals surface area contributed by atoms with Crippen molar-refractivity contribution in [3.05, 3.63) is 56.6 Å². The molecule has 44 heavy (non-hydrogen) atoms. The van der Waals surface area contributed by atoms with Gasteiger partial charge in [0, 0.05) is 63.6 Å². The molecular formula is C33H38N2O9. The third-order valence-corrected chi connectivity index (χ3v) is 9.85. The normalized spacial score (nSPS) is 29.5. The lowest BCUT2D eigenvalue weighted by atomic mass is 9.67. The van der Waals surface area contributed by atoms with Crippen molar-refractivity contribution in [2.45, 2.75) is 84.1 Å². The first-order chi connectivity index (χ1) is 20.8. The Balaban J connectivity index is 1.73. The highest BCUT2D eigenvalue weighted by molar-refractivity contribution is 6.26. The Bertz CT molecular complexity index is 1570. The van der Waals surface area contributed by atoms with Gasteiger partial charge in [-0.15, -0.1) is 0 Å². The van der Waals surface area contributed by atoms with Crippen LogP contribution in [-0.4, -0.2) is 103 Å². The van der Waals surface area contributed by atoms with E-state index < -0.39 is 47.7 Å². The van der Waals surface area contributed by atoms with Gasteiger partial charge in [0.1, 0.15) is 12.4 Å².